The van der Waals surface area contributed by atoms with Gasteiger partial charge in [0.1, 0.15) is 18.1 Å². The van der Waals surface area contributed by atoms with Crippen LogP contribution in [0.4, 0.5) is 0 Å². The van der Waals surface area contributed by atoms with Crippen LogP contribution in [0, 0.1) is 0 Å². The number of ether oxygens (including phenoxy) is 1. The summed E-state index contributed by atoms with van der Waals surface area (Å²) in [6, 6.07) is 13.0. The third kappa shape index (κ3) is 4.20. The normalized spacial score (nSPS) is 18.1. The number of benzene rings is 2. The Morgan fingerprint density at radius 1 is 1.24 bits per heavy atom. The Bertz CT molecular complexity index is 965. The number of ketones is 1. The lowest BCUT2D eigenvalue weighted by atomic mass is 9.95. The van der Waals surface area contributed by atoms with Crippen molar-refractivity contribution >= 4 is 29.1 Å². The van der Waals surface area contributed by atoms with Gasteiger partial charge in [-0.15, -0.1) is 0 Å². The standard InChI is InChI=1S/C23H22ClNO4/c1-3-12-25-20(16-6-5-7-18(14-16)29-13-4-2)19(22(27)23(25)28)21(26)15-8-10-17(24)11-9-15/h4-11,14,20,26H,2-3,12-13H2,1H3/b21-19-. The number of Topliss-reactive ketones (excluding diaryl/α,β-unsaturated/α-hetero) is 1. The van der Waals surface area contributed by atoms with Crippen LogP contribution in [0.25, 0.3) is 5.76 Å². The van der Waals surface area contributed by atoms with Crippen molar-refractivity contribution in [2.24, 2.45) is 0 Å². The Morgan fingerprint density at radius 2 is 1.97 bits per heavy atom. The van der Waals surface area contributed by atoms with Crippen LogP contribution in [-0.4, -0.2) is 34.8 Å². The summed E-state index contributed by atoms with van der Waals surface area (Å²) in [5.41, 5.74) is 1.18. The van der Waals surface area contributed by atoms with Crippen LogP contribution >= 0.6 is 11.6 Å². The van der Waals surface area contributed by atoms with Gasteiger partial charge in [0.25, 0.3) is 11.7 Å². The molecule has 1 aliphatic heterocycles. The summed E-state index contributed by atoms with van der Waals surface area (Å²) in [4.78, 5) is 27.0. The first-order chi connectivity index (χ1) is 14.0. The molecule has 0 spiro atoms. The number of rotatable bonds is 7. The van der Waals surface area contributed by atoms with Crippen molar-refractivity contribution in [3.63, 3.8) is 0 Å². The second-order valence-corrected chi connectivity index (χ2v) is 7.11. The smallest absolute Gasteiger partial charge is 0.295 e. The number of hydrogen-bond donors (Lipinski definition) is 1. The Labute approximate surface area is 174 Å². The molecule has 2 aromatic carbocycles. The minimum atomic E-state index is -0.701. The van der Waals surface area contributed by atoms with Gasteiger partial charge in [-0.05, 0) is 48.4 Å². The van der Waals surface area contributed by atoms with Crippen molar-refractivity contribution < 1.29 is 19.4 Å². The second kappa shape index (κ2) is 8.97. The summed E-state index contributed by atoms with van der Waals surface area (Å²) in [5.74, 6) is -0.949. The van der Waals surface area contributed by atoms with Crippen LogP contribution < -0.4 is 4.74 Å². The molecular formula is C23H22ClNO4. The molecule has 1 saturated heterocycles. The molecule has 1 heterocycles. The molecule has 0 bridgehead atoms. The van der Waals surface area contributed by atoms with E-state index in [9.17, 15) is 14.7 Å². The zero-order valence-electron chi connectivity index (χ0n) is 16.1. The van der Waals surface area contributed by atoms with Gasteiger partial charge in [-0.1, -0.05) is 43.3 Å². The molecule has 0 saturated carbocycles. The van der Waals surface area contributed by atoms with Crippen LogP contribution in [0.2, 0.25) is 5.02 Å². The monoisotopic (exact) mass is 411 g/mol. The average molecular weight is 412 g/mol. The van der Waals surface area contributed by atoms with Crippen LogP contribution in [0.5, 0.6) is 5.75 Å². The molecule has 2 aromatic rings. The van der Waals surface area contributed by atoms with Crippen molar-refractivity contribution in [1.29, 1.82) is 0 Å². The van der Waals surface area contributed by atoms with E-state index in [-0.39, 0.29) is 11.3 Å². The van der Waals surface area contributed by atoms with Crippen molar-refractivity contribution in [3.05, 3.63) is 82.9 Å². The topological polar surface area (TPSA) is 66.8 Å². The molecule has 1 atom stereocenters. The first-order valence-electron chi connectivity index (χ1n) is 9.36. The molecule has 0 aliphatic carbocycles. The van der Waals surface area contributed by atoms with Crippen LogP contribution in [0.15, 0.2) is 66.8 Å². The summed E-state index contributed by atoms with van der Waals surface area (Å²) in [5, 5.41) is 11.4. The fraction of sp³-hybridized carbons (Fsp3) is 0.217. The Morgan fingerprint density at radius 3 is 2.62 bits per heavy atom. The van der Waals surface area contributed by atoms with Crippen LogP contribution in [0.3, 0.4) is 0 Å². The maximum Gasteiger partial charge on any atom is 0.295 e. The number of carbonyl (C=O) groups excluding carboxylic acids is 2. The molecule has 6 heteroatoms. The Kier molecular flexibility index (Phi) is 6.39. The van der Waals surface area contributed by atoms with E-state index in [1.54, 1.807) is 48.5 Å². The summed E-state index contributed by atoms with van der Waals surface area (Å²) in [7, 11) is 0. The number of carbonyl (C=O) groups is 2. The number of nitrogens with zero attached hydrogens (tertiary/aromatic N) is 1. The van der Waals surface area contributed by atoms with Gasteiger partial charge in [0.2, 0.25) is 0 Å². The molecule has 1 fully saturated rings. The van der Waals surface area contributed by atoms with Gasteiger partial charge < -0.3 is 14.7 Å². The fourth-order valence-corrected chi connectivity index (χ4v) is 3.52. The van der Waals surface area contributed by atoms with Crippen molar-refractivity contribution in [2.45, 2.75) is 19.4 Å². The minimum absolute atomic E-state index is 0.0617. The van der Waals surface area contributed by atoms with Crippen molar-refractivity contribution in [2.75, 3.05) is 13.2 Å². The van der Waals surface area contributed by atoms with E-state index in [0.29, 0.717) is 41.5 Å². The highest BCUT2D eigenvalue weighted by molar-refractivity contribution is 6.46. The Balaban J connectivity index is 2.13. The van der Waals surface area contributed by atoms with E-state index in [2.05, 4.69) is 6.58 Å². The zero-order valence-corrected chi connectivity index (χ0v) is 16.9. The first-order valence-corrected chi connectivity index (χ1v) is 9.73. The lowest BCUT2D eigenvalue weighted by Crippen LogP contribution is -2.30. The lowest BCUT2D eigenvalue weighted by molar-refractivity contribution is -0.139. The zero-order chi connectivity index (χ0) is 21.0. The first kappa shape index (κ1) is 20.7. The number of aliphatic hydroxyl groups excluding tert-OH is 1. The highest BCUT2D eigenvalue weighted by atomic mass is 35.5. The van der Waals surface area contributed by atoms with E-state index in [4.69, 9.17) is 16.3 Å². The number of likely N-dealkylation sites (tertiary alicyclic amines) is 1. The van der Waals surface area contributed by atoms with Gasteiger partial charge in [0.15, 0.2) is 0 Å². The third-order valence-electron chi connectivity index (χ3n) is 4.66. The molecule has 5 nitrogen and oxygen atoms in total. The van der Waals surface area contributed by atoms with Gasteiger partial charge in [-0.25, -0.2) is 0 Å². The van der Waals surface area contributed by atoms with Crippen molar-refractivity contribution in [3.8, 4) is 5.75 Å². The minimum Gasteiger partial charge on any atom is -0.507 e. The summed E-state index contributed by atoms with van der Waals surface area (Å²) in [6.45, 7) is 6.29. The molecule has 1 aliphatic rings. The molecule has 150 valence electrons. The largest absolute Gasteiger partial charge is 0.507 e. The highest BCUT2D eigenvalue weighted by Gasteiger charge is 2.45. The summed E-state index contributed by atoms with van der Waals surface area (Å²) < 4.78 is 5.60. The quantitative estimate of drug-likeness (QED) is 0.309. The van der Waals surface area contributed by atoms with Crippen LogP contribution in [-0.2, 0) is 9.59 Å². The van der Waals surface area contributed by atoms with Gasteiger partial charge in [0, 0.05) is 17.1 Å². The molecule has 0 radical (unpaired) electrons. The molecular weight excluding hydrogens is 390 g/mol. The van der Waals surface area contributed by atoms with Gasteiger partial charge in [0.05, 0.1) is 11.6 Å². The number of halogens is 1. The van der Waals surface area contributed by atoms with Crippen LogP contribution in [0.1, 0.15) is 30.5 Å². The van der Waals surface area contributed by atoms with E-state index < -0.39 is 17.7 Å². The lowest BCUT2D eigenvalue weighted by Gasteiger charge is -2.25. The SMILES string of the molecule is C=CCOc1cccc(C2/C(=C(/O)c3ccc(Cl)cc3)C(=O)C(=O)N2CCC)c1. The molecule has 1 amide bonds. The summed E-state index contributed by atoms with van der Waals surface area (Å²) >= 11 is 5.93. The number of aliphatic hydroxyl groups is 1. The number of hydrogen-bond acceptors (Lipinski definition) is 4. The van der Waals surface area contributed by atoms with Gasteiger partial charge >= 0.3 is 0 Å². The van der Waals surface area contributed by atoms with E-state index >= 15 is 0 Å². The third-order valence-corrected chi connectivity index (χ3v) is 4.92. The average Bonchev–Trinajstić information content (AvgIpc) is 2.98. The molecule has 1 unspecified atom stereocenters. The fourth-order valence-electron chi connectivity index (χ4n) is 3.39. The summed E-state index contributed by atoms with van der Waals surface area (Å²) in [6.07, 6.45) is 2.31. The maximum absolute atomic E-state index is 12.8. The second-order valence-electron chi connectivity index (χ2n) is 6.67. The van der Waals surface area contributed by atoms with Crippen molar-refractivity contribution in [1.82, 2.24) is 4.90 Å². The number of amides is 1. The molecule has 1 N–H and O–H groups in total. The highest BCUT2D eigenvalue weighted by Crippen LogP contribution is 2.40. The molecule has 29 heavy (non-hydrogen) atoms. The van der Waals surface area contributed by atoms with Gasteiger partial charge in [-0.3, -0.25) is 9.59 Å². The Hall–Kier alpha value is -3.05. The van der Waals surface area contributed by atoms with E-state index in [0.717, 1.165) is 0 Å². The maximum atomic E-state index is 12.8. The predicted octanol–water partition coefficient (Wildman–Crippen LogP) is 4.74. The predicted molar refractivity (Wildman–Crippen MR) is 113 cm³/mol. The van der Waals surface area contributed by atoms with E-state index in [1.165, 1.54) is 4.90 Å². The van der Waals surface area contributed by atoms with Gasteiger partial charge in [-0.2, -0.15) is 0 Å². The molecule has 3 rings (SSSR count). The van der Waals surface area contributed by atoms with E-state index in [1.807, 2.05) is 13.0 Å². The molecule has 0 aromatic heterocycles.